The first-order valence-corrected chi connectivity index (χ1v) is 8.76. The number of carbonyl (C=O) groups excluding carboxylic acids is 2. The molecule has 0 heterocycles. The van der Waals surface area contributed by atoms with Gasteiger partial charge in [-0.15, -0.1) is 0 Å². The second-order valence-corrected chi connectivity index (χ2v) is 6.99. The van der Waals surface area contributed by atoms with Gasteiger partial charge in [0.2, 0.25) is 10.0 Å². The van der Waals surface area contributed by atoms with Crippen molar-refractivity contribution in [1.82, 2.24) is 10.0 Å². The Morgan fingerprint density at radius 1 is 1.36 bits per heavy atom. The Bertz CT molecular complexity index is 648. The Balaban J connectivity index is 2.58. The molecule has 0 bridgehead atoms. The molecule has 0 aliphatic heterocycles. The molecule has 0 radical (unpaired) electrons. The summed E-state index contributed by atoms with van der Waals surface area (Å²) in [5, 5.41) is 2.50. The highest BCUT2D eigenvalue weighted by atomic mass is 79.9. The number of hydrogen-bond acceptors (Lipinski definition) is 5. The van der Waals surface area contributed by atoms with Gasteiger partial charge in [0.1, 0.15) is 6.54 Å². The number of sulfonamides is 1. The van der Waals surface area contributed by atoms with Crippen LogP contribution in [0.2, 0.25) is 0 Å². The number of benzene rings is 1. The average Bonchev–Trinajstić information content (AvgIpc) is 2.45. The van der Waals surface area contributed by atoms with Crippen molar-refractivity contribution < 1.29 is 22.7 Å². The second-order valence-electron chi connectivity index (χ2n) is 4.31. The normalized spacial score (nSPS) is 12.5. The minimum absolute atomic E-state index is 0.0199. The number of amides is 1. The van der Waals surface area contributed by atoms with Gasteiger partial charge in [-0.25, -0.2) is 8.42 Å². The molecule has 9 heteroatoms. The van der Waals surface area contributed by atoms with Crippen molar-refractivity contribution in [3.63, 3.8) is 0 Å². The highest BCUT2D eigenvalue weighted by Gasteiger charge is 2.20. The fraction of sp³-hybridized carbons (Fsp3) is 0.385. The molecule has 0 spiro atoms. The third kappa shape index (κ3) is 5.74. The number of likely N-dealkylation sites (N-methyl/N-ethyl adjacent to an activating group) is 1. The molecule has 0 aliphatic rings. The molecule has 0 aromatic heterocycles. The van der Waals surface area contributed by atoms with E-state index in [-0.39, 0.29) is 4.90 Å². The van der Waals surface area contributed by atoms with Gasteiger partial charge in [0.15, 0.2) is 6.10 Å². The standard InChI is InChI=1S/C13H17BrN2O5S/c1-3-15-13(18)9(2)21-12(17)8-16-22(19,20)11-6-4-5-10(14)7-11/h4-7,9,16H,3,8H2,1-2H3,(H,15,18)/t9-/m0/s1. The number of esters is 1. The smallest absolute Gasteiger partial charge is 0.321 e. The van der Waals surface area contributed by atoms with Crippen LogP contribution in [0.25, 0.3) is 0 Å². The summed E-state index contributed by atoms with van der Waals surface area (Å²) in [4.78, 5) is 23.0. The number of ether oxygens (including phenoxy) is 1. The van der Waals surface area contributed by atoms with Crippen LogP contribution in [0, 0.1) is 0 Å². The quantitative estimate of drug-likeness (QED) is 0.668. The molecule has 0 saturated carbocycles. The molecule has 2 N–H and O–H groups in total. The highest BCUT2D eigenvalue weighted by Crippen LogP contribution is 2.15. The largest absolute Gasteiger partial charge is 0.452 e. The first-order valence-electron chi connectivity index (χ1n) is 6.48. The van der Waals surface area contributed by atoms with Gasteiger partial charge >= 0.3 is 5.97 Å². The van der Waals surface area contributed by atoms with Gasteiger partial charge in [0.05, 0.1) is 4.90 Å². The minimum Gasteiger partial charge on any atom is -0.452 e. The van der Waals surface area contributed by atoms with E-state index in [1.807, 2.05) is 0 Å². The Kier molecular flexibility index (Phi) is 6.98. The van der Waals surface area contributed by atoms with Gasteiger partial charge in [-0.05, 0) is 32.0 Å². The molecule has 7 nitrogen and oxygen atoms in total. The highest BCUT2D eigenvalue weighted by molar-refractivity contribution is 9.10. The van der Waals surface area contributed by atoms with Crippen molar-refractivity contribution in [3.8, 4) is 0 Å². The van der Waals surface area contributed by atoms with E-state index in [1.165, 1.54) is 19.1 Å². The summed E-state index contributed by atoms with van der Waals surface area (Å²) in [7, 11) is -3.83. The van der Waals surface area contributed by atoms with Crippen molar-refractivity contribution in [2.24, 2.45) is 0 Å². The maximum Gasteiger partial charge on any atom is 0.321 e. The van der Waals surface area contributed by atoms with Crippen molar-refractivity contribution in [1.29, 1.82) is 0 Å². The van der Waals surface area contributed by atoms with Crippen LogP contribution in [0.5, 0.6) is 0 Å². The maximum absolute atomic E-state index is 12.0. The Morgan fingerprint density at radius 3 is 2.64 bits per heavy atom. The monoisotopic (exact) mass is 392 g/mol. The van der Waals surface area contributed by atoms with Crippen LogP contribution in [0.3, 0.4) is 0 Å². The van der Waals surface area contributed by atoms with Crippen LogP contribution in [0.15, 0.2) is 33.6 Å². The third-order valence-corrected chi connectivity index (χ3v) is 4.43. The summed E-state index contributed by atoms with van der Waals surface area (Å²) in [5.41, 5.74) is 0. The summed E-state index contributed by atoms with van der Waals surface area (Å²) >= 11 is 3.17. The molecule has 1 aromatic rings. The molecule has 1 atom stereocenters. The zero-order valence-corrected chi connectivity index (χ0v) is 14.5. The zero-order chi connectivity index (χ0) is 16.8. The third-order valence-electron chi connectivity index (χ3n) is 2.54. The van der Waals surface area contributed by atoms with Crippen LogP contribution in [-0.2, 0) is 24.3 Å². The Morgan fingerprint density at radius 2 is 2.05 bits per heavy atom. The van der Waals surface area contributed by atoms with Gasteiger partial charge in [-0.1, -0.05) is 22.0 Å². The lowest BCUT2D eigenvalue weighted by atomic mass is 10.4. The van der Waals surface area contributed by atoms with Crippen molar-refractivity contribution in [2.75, 3.05) is 13.1 Å². The molecule has 0 fully saturated rings. The Labute approximate surface area is 137 Å². The van der Waals surface area contributed by atoms with E-state index < -0.39 is 34.5 Å². The molecule has 1 amide bonds. The molecular weight excluding hydrogens is 376 g/mol. The first kappa shape index (κ1) is 18.6. The van der Waals surface area contributed by atoms with Gasteiger partial charge in [-0.2, -0.15) is 4.72 Å². The topological polar surface area (TPSA) is 102 Å². The van der Waals surface area contributed by atoms with Crippen molar-refractivity contribution >= 4 is 37.8 Å². The first-order chi connectivity index (χ1) is 10.3. The van der Waals surface area contributed by atoms with Gasteiger partial charge in [-0.3, -0.25) is 9.59 Å². The van der Waals surface area contributed by atoms with Gasteiger partial charge in [0.25, 0.3) is 5.91 Å². The summed E-state index contributed by atoms with van der Waals surface area (Å²) in [6.45, 7) is 3.00. The van der Waals surface area contributed by atoms with E-state index in [0.717, 1.165) is 0 Å². The number of halogens is 1. The molecular formula is C13H17BrN2O5S. The van der Waals surface area contributed by atoms with Crippen LogP contribution in [-0.4, -0.2) is 39.5 Å². The van der Waals surface area contributed by atoms with E-state index in [4.69, 9.17) is 4.74 Å². The maximum atomic E-state index is 12.0. The molecule has 122 valence electrons. The fourth-order valence-electron chi connectivity index (χ4n) is 1.48. The lowest BCUT2D eigenvalue weighted by molar-refractivity contribution is -0.153. The average molecular weight is 393 g/mol. The minimum atomic E-state index is -3.83. The predicted octanol–water partition coefficient (Wildman–Crippen LogP) is 0.795. The Hall–Kier alpha value is -1.45. The molecule has 1 rings (SSSR count). The van der Waals surface area contributed by atoms with Crippen molar-refractivity contribution in [2.45, 2.75) is 24.8 Å². The van der Waals surface area contributed by atoms with Crippen LogP contribution in [0.4, 0.5) is 0 Å². The summed E-state index contributed by atoms with van der Waals surface area (Å²) in [6.07, 6.45) is -0.983. The van der Waals surface area contributed by atoms with Crippen LogP contribution >= 0.6 is 15.9 Å². The molecule has 1 aromatic carbocycles. The zero-order valence-electron chi connectivity index (χ0n) is 12.1. The molecule has 22 heavy (non-hydrogen) atoms. The van der Waals surface area contributed by atoms with Crippen LogP contribution < -0.4 is 10.0 Å². The van der Waals surface area contributed by atoms with Crippen molar-refractivity contribution in [3.05, 3.63) is 28.7 Å². The molecule has 0 unspecified atom stereocenters. The molecule has 0 saturated heterocycles. The van der Waals surface area contributed by atoms with Gasteiger partial charge in [0, 0.05) is 11.0 Å². The number of rotatable bonds is 7. The van der Waals surface area contributed by atoms with E-state index in [2.05, 4.69) is 26.0 Å². The van der Waals surface area contributed by atoms with E-state index >= 15 is 0 Å². The summed E-state index contributed by atoms with van der Waals surface area (Å²) in [5.74, 6) is -1.27. The lowest BCUT2D eigenvalue weighted by Crippen LogP contribution is -2.38. The van der Waals surface area contributed by atoms with Gasteiger partial charge < -0.3 is 10.1 Å². The summed E-state index contributed by atoms with van der Waals surface area (Å²) in [6, 6.07) is 6.05. The number of hydrogen-bond donors (Lipinski definition) is 2. The lowest BCUT2D eigenvalue weighted by Gasteiger charge is -2.13. The number of nitrogens with one attached hydrogen (secondary N) is 2. The SMILES string of the molecule is CCNC(=O)[C@H](C)OC(=O)CNS(=O)(=O)c1cccc(Br)c1. The summed E-state index contributed by atoms with van der Waals surface area (Å²) < 4.78 is 31.5. The fourth-order valence-corrected chi connectivity index (χ4v) is 3.05. The van der Waals surface area contributed by atoms with E-state index in [1.54, 1.807) is 19.1 Å². The van der Waals surface area contributed by atoms with E-state index in [9.17, 15) is 18.0 Å². The van der Waals surface area contributed by atoms with Crippen LogP contribution in [0.1, 0.15) is 13.8 Å². The van der Waals surface area contributed by atoms with E-state index in [0.29, 0.717) is 11.0 Å². The predicted molar refractivity (Wildman–Crippen MR) is 83.6 cm³/mol. The molecule has 0 aliphatic carbocycles. The number of carbonyl (C=O) groups is 2. The second kappa shape index (κ2) is 8.25.